The Morgan fingerprint density at radius 1 is 0.949 bits per heavy atom. The van der Waals surface area contributed by atoms with Crippen molar-refractivity contribution in [1.29, 1.82) is 0 Å². The largest absolute Gasteiger partial charge is 0.497 e. The standard InChI is InChI=1S/C31H31BrN4O3/c1-3-4-19-34(31(38)33-25-11-6-5-10-24(25)32)21-29(37)36-27-13-8-7-12-26(27)35-20-9-14-28(35)30(36)22-15-17-23(39-2)18-16-22/h5-18,20,30H,3-4,19,21H2,1-2H3,(H,33,38). The molecule has 3 amide bonds. The molecule has 0 aliphatic carbocycles. The number of urea groups is 1. The highest BCUT2D eigenvalue weighted by atomic mass is 79.9. The summed E-state index contributed by atoms with van der Waals surface area (Å²) in [5, 5.41) is 2.97. The molecule has 1 aliphatic rings. The van der Waals surface area contributed by atoms with Gasteiger partial charge in [-0.2, -0.15) is 0 Å². The number of hydrogen-bond donors (Lipinski definition) is 1. The van der Waals surface area contributed by atoms with E-state index in [0.29, 0.717) is 12.2 Å². The van der Waals surface area contributed by atoms with Crippen molar-refractivity contribution in [1.82, 2.24) is 9.47 Å². The van der Waals surface area contributed by atoms with E-state index in [-0.39, 0.29) is 24.5 Å². The van der Waals surface area contributed by atoms with Crippen molar-refractivity contribution in [2.45, 2.75) is 25.8 Å². The third kappa shape index (κ3) is 5.43. The summed E-state index contributed by atoms with van der Waals surface area (Å²) in [7, 11) is 1.64. The summed E-state index contributed by atoms with van der Waals surface area (Å²) in [4.78, 5) is 31.1. The van der Waals surface area contributed by atoms with E-state index >= 15 is 0 Å². The Morgan fingerprint density at radius 3 is 2.38 bits per heavy atom. The Bertz CT molecular complexity index is 1470. The average Bonchev–Trinajstić information content (AvgIpc) is 3.46. The average molecular weight is 588 g/mol. The predicted octanol–water partition coefficient (Wildman–Crippen LogP) is 7.02. The van der Waals surface area contributed by atoms with E-state index in [0.717, 1.165) is 45.7 Å². The summed E-state index contributed by atoms with van der Waals surface area (Å²) < 4.78 is 8.29. The van der Waals surface area contributed by atoms with Crippen LogP contribution in [0.15, 0.2) is 95.6 Å². The maximum atomic E-state index is 14.3. The minimum atomic E-state index is -0.368. The van der Waals surface area contributed by atoms with Gasteiger partial charge in [0, 0.05) is 17.2 Å². The van der Waals surface area contributed by atoms with Crippen LogP contribution >= 0.6 is 15.9 Å². The zero-order valence-corrected chi connectivity index (χ0v) is 23.6. The van der Waals surface area contributed by atoms with Gasteiger partial charge in [0.2, 0.25) is 5.91 Å². The fourth-order valence-corrected chi connectivity index (χ4v) is 5.35. The highest BCUT2D eigenvalue weighted by Gasteiger charge is 2.37. The van der Waals surface area contributed by atoms with Crippen LogP contribution in [0.1, 0.15) is 37.1 Å². The predicted molar refractivity (Wildman–Crippen MR) is 158 cm³/mol. The molecule has 200 valence electrons. The van der Waals surface area contributed by atoms with Crippen LogP contribution in [0, 0.1) is 0 Å². The Morgan fingerprint density at radius 2 is 1.67 bits per heavy atom. The maximum Gasteiger partial charge on any atom is 0.322 e. The number of fused-ring (bicyclic) bond motifs is 3. The number of carbonyl (C=O) groups is 2. The molecule has 4 aromatic rings. The summed E-state index contributed by atoms with van der Waals surface area (Å²) in [6.07, 6.45) is 3.71. The Hall–Kier alpha value is -4.04. The molecule has 2 heterocycles. The molecule has 8 heteroatoms. The van der Waals surface area contributed by atoms with E-state index in [4.69, 9.17) is 4.74 Å². The minimum absolute atomic E-state index is 0.0576. The second kappa shape index (κ2) is 11.8. The normalized spacial score (nSPS) is 13.8. The number of para-hydroxylation sites is 3. The molecule has 1 unspecified atom stereocenters. The maximum absolute atomic E-state index is 14.3. The van der Waals surface area contributed by atoms with Crippen LogP contribution in [0.2, 0.25) is 0 Å². The molecule has 0 spiro atoms. The lowest BCUT2D eigenvalue weighted by Crippen LogP contribution is -2.48. The molecular formula is C31H31BrN4O3. The fraction of sp³-hybridized carbons (Fsp3) is 0.226. The highest BCUT2D eigenvalue weighted by Crippen LogP contribution is 2.42. The van der Waals surface area contributed by atoms with Gasteiger partial charge in [-0.05, 0) is 76.4 Å². The molecule has 0 saturated heterocycles. The van der Waals surface area contributed by atoms with Crippen molar-refractivity contribution in [2.24, 2.45) is 0 Å². The molecule has 0 fully saturated rings. The van der Waals surface area contributed by atoms with Crippen molar-refractivity contribution in [2.75, 3.05) is 30.4 Å². The summed E-state index contributed by atoms with van der Waals surface area (Å²) in [5.74, 6) is 0.590. The quantitative estimate of drug-likeness (QED) is 0.241. The number of benzene rings is 3. The van der Waals surface area contributed by atoms with E-state index in [1.165, 1.54) is 0 Å². The molecule has 1 N–H and O–H groups in total. The Balaban J connectivity index is 1.51. The van der Waals surface area contributed by atoms with Crippen molar-refractivity contribution >= 4 is 39.2 Å². The summed E-state index contributed by atoms with van der Waals surface area (Å²) >= 11 is 3.49. The second-order valence-electron chi connectivity index (χ2n) is 9.42. The van der Waals surface area contributed by atoms with Crippen LogP contribution in [0.3, 0.4) is 0 Å². The fourth-order valence-electron chi connectivity index (χ4n) is 4.96. The zero-order chi connectivity index (χ0) is 27.4. The second-order valence-corrected chi connectivity index (χ2v) is 10.3. The number of carbonyl (C=O) groups excluding carboxylic acids is 2. The van der Waals surface area contributed by atoms with E-state index in [9.17, 15) is 9.59 Å². The van der Waals surface area contributed by atoms with E-state index < -0.39 is 0 Å². The van der Waals surface area contributed by atoms with Crippen molar-refractivity contribution in [3.8, 4) is 11.4 Å². The molecule has 1 aliphatic heterocycles. The summed E-state index contributed by atoms with van der Waals surface area (Å²) in [5.41, 5.74) is 4.32. The van der Waals surface area contributed by atoms with Gasteiger partial charge >= 0.3 is 6.03 Å². The number of rotatable bonds is 8. The van der Waals surface area contributed by atoms with Gasteiger partial charge in [-0.25, -0.2) is 4.79 Å². The number of nitrogens with one attached hydrogen (secondary N) is 1. The molecule has 39 heavy (non-hydrogen) atoms. The zero-order valence-electron chi connectivity index (χ0n) is 22.0. The van der Waals surface area contributed by atoms with Gasteiger partial charge in [0.1, 0.15) is 18.3 Å². The molecule has 1 aromatic heterocycles. The summed E-state index contributed by atoms with van der Waals surface area (Å²) in [6.45, 7) is 2.48. The van der Waals surface area contributed by atoms with Crippen LogP contribution in [-0.2, 0) is 4.79 Å². The van der Waals surface area contributed by atoms with Gasteiger partial charge in [0.05, 0.1) is 29.9 Å². The van der Waals surface area contributed by atoms with E-state index in [1.54, 1.807) is 12.0 Å². The monoisotopic (exact) mass is 586 g/mol. The first kappa shape index (κ1) is 26.6. The van der Waals surface area contributed by atoms with Gasteiger partial charge in [-0.1, -0.05) is 49.7 Å². The van der Waals surface area contributed by atoms with Crippen molar-refractivity contribution in [3.05, 3.63) is 107 Å². The first-order valence-corrected chi connectivity index (χ1v) is 13.8. The smallest absolute Gasteiger partial charge is 0.322 e. The van der Waals surface area contributed by atoms with Crippen LogP contribution < -0.4 is 15.0 Å². The molecule has 7 nitrogen and oxygen atoms in total. The van der Waals surface area contributed by atoms with Gasteiger partial charge < -0.3 is 19.5 Å². The molecule has 0 saturated carbocycles. The molecule has 1 atom stereocenters. The van der Waals surface area contributed by atoms with Crippen molar-refractivity contribution in [3.63, 3.8) is 0 Å². The van der Waals surface area contributed by atoms with Crippen molar-refractivity contribution < 1.29 is 14.3 Å². The number of ether oxygens (including phenoxy) is 1. The van der Waals surface area contributed by atoms with Gasteiger partial charge in [0.25, 0.3) is 0 Å². The Kier molecular flexibility index (Phi) is 8.02. The number of nitrogens with zero attached hydrogens (tertiary/aromatic N) is 3. The number of hydrogen-bond acceptors (Lipinski definition) is 3. The molecule has 5 rings (SSSR count). The highest BCUT2D eigenvalue weighted by molar-refractivity contribution is 9.10. The molecule has 0 bridgehead atoms. The lowest BCUT2D eigenvalue weighted by atomic mass is 9.97. The first-order valence-electron chi connectivity index (χ1n) is 13.0. The number of unbranched alkanes of at least 4 members (excludes halogenated alkanes) is 1. The van der Waals surface area contributed by atoms with Crippen LogP contribution in [-0.4, -0.2) is 41.6 Å². The SMILES string of the molecule is CCCCN(CC(=O)N1c2ccccc2-n2cccc2C1c1ccc(OC)cc1)C(=O)Nc1ccccc1Br. The minimum Gasteiger partial charge on any atom is -0.497 e. The lowest BCUT2D eigenvalue weighted by molar-refractivity contribution is -0.119. The Labute approximate surface area is 237 Å². The molecular weight excluding hydrogens is 556 g/mol. The van der Waals surface area contributed by atoms with Crippen LogP contribution in [0.4, 0.5) is 16.2 Å². The number of halogens is 1. The van der Waals surface area contributed by atoms with Crippen LogP contribution in [0.5, 0.6) is 5.75 Å². The number of anilines is 2. The van der Waals surface area contributed by atoms with Gasteiger partial charge in [-0.3, -0.25) is 9.69 Å². The summed E-state index contributed by atoms with van der Waals surface area (Å²) in [6, 6.07) is 26.5. The number of amides is 3. The number of methoxy groups -OCH3 is 1. The first-order chi connectivity index (χ1) is 19.0. The molecule has 0 radical (unpaired) electrons. The van der Waals surface area contributed by atoms with Gasteiger partial charge in [0.15, 0.2) is 0 Å². The van der Waals surface area contributed by atoms with Crippen LogP contribution in [0.25, 0.3) is 5.69 Å². The van der Waals surface area contributed by atoms with E-state index in [2.05, 4.69) is 32.7 Å². The topological polar surface area (TPSA) is 66.8 Å². The third-order valence-electron chi connectivity index (χ3n) is 6.93. The number of aromatic nitrogens is 1. The lowest BCUT2D eigenvalue weighted by Gasteiger charge is -2.39. The third-order valence-corrected chi connectivity index (χ3v) is 7.62. The van der Waals surface area contributed by atoms with Gasteiger partial charge in [-0.15, -0.1) is 0 Å². The molecule has 3 aromatic carbocycles. The van der Waals surface area contributed by atoms with E-state index in [1.807, 2.05) is 96.0 Å².